The Morgan fingerprint density at radius 3 is 2.69 bits per heavy atom. The Morgan fingerprint density at radius 1 is 1.28 bits per heavy atom. The summed E-state index contributed by atoms with van der Waals surface area (Å²) >= 11 is 0. The van der Waals surface area contributed by atoms with Crippen molar-refractivity contribution in [2.24, 2.45) is 5.92 Å². The summed E-state index contributed by atoms with van der Waals surface area (Å²) in [7, 11) is 1.47. The minimum absolute atomic E-state index is 0.0324. The Morgan fingerprint density at radius 2 is 2.03 bits per heavy atom. The zero-order valence-corrected chi connectivity index (χ0v) is 17.2. The average molecular weight is 400 g/mol. The van der Waals surface area contributed by atoms with E-state index >= 15 is 0 Å². The van der Waals surface area contributed by atoms with Gasteiger partial charge in [0.15, 0.2) is 18.1 Å². The first-order valence-corrected chi connectivity index (χ1v) is 9.87. The van der Waals surface area contributed by atoms with Crippen molar-refractivity contribution in [3.8, 4) is 17.6 Å². The minimum Gasteiger partial charge on any atom is -0.493 e. The van der Waals surface area contributed by atoms with Crippen molar-refractivity contribution in [2.45, 2.75) is 45.6 Å². The molecule has 1 aliphatic carbocycles. The van der Waals surface area contributed by atoms with E-state index in [-0.39, 0.29) is 30.7 Å². The monoisotopic (exact) mass is 400 g/mol. The molecule has 0 spiro atoms. The first-order chi connectivity index (χ1) is 14.0. The number of nitriles is 1. The summed E-state index contributed by atoms with van der Waals surface area (Å²) < 4.78 is 15.6. The van der Waals surface area contributed by atoms with Crippen LogP contribution in [0.25, 0.3) is 6.08 Å². The summed E-state index contributed by atoms with van der Waals surface area (Å²) in [5.74, 6) is 0.327. The topological polar surface area (TPSA) is 97.7 Å². The molecule has 0 aromatic heterocycles. The number of ether oxygens (including phenoxy) is 3. The highest BCUT2D eigenvalue weighted by Gasteiger charge is 2.24. The number of esters is 1. The summed E-state index contributed by atoms with van der Waals surface area (Å²) in [5.41, 5.74) is 0.652. The number of amides is 1. The van der Waals surface area contributed by atoms with Crippen molar-refractivity contribution in [1.82, 2.24) is 5.32 Å². The van der Waals surface area contributed by atoms with Crippen LogP contribution in [-0.4, -0.2) is 38.2 Å². The van der Waals surface area contributed by atoms with Gasteiger partial charge in [-0.15, -0.1) is 0 Å². The fourth-order valence-electron chi connectivity index (χ4n) is 3.32. The second-order valence-electron chi connectivity index (χ2n) is 7.02. The van der Waals surface area contributed by atoms with E-state index in [1.807, 2.05) is 6.07 Å². The SMILES string of the molecule is CCOC(=O)COc1ccc(/C=C(\C#N)C(=O)N[C@@H]2CCCC[C@@H]2C)cc1OC. The lowest BCUT2D eigenvalue weighted by atomic mass is 9.86. The fraction of sp³-hybridized carbons (Fsp3) is 0.500. The predicted molar refractivity (Wildman–Crippen MR) is 108 cm³/mol. The van der Waals surface area contributed by atoms with Crippen LogP contribution in [0.15, 0.2) is 23.8 Å². The molecular weight excluding hydrogens is 372 g/mol. The zero-order valence-electron chi connectivity index (χ0n) is 17.2. The summed E-state index contributed by atoms with van der Waals surface area (Å²) in [5, 5.41) is 12.4. The number of carbonyl (C=O) groups excluding carboxylic acids is 2. The van der Waals surface area contributed by atoms with E-state index in [1.54, 1.807) is 25.1 Å². The summed E-state index contributed by atoms with van der Waals surface area (Å²) in [6.07, 6.45) is 5.80. The van der Waals surface area contributed by atoms with Gasteiger partial charge in [0.25, 0.3) is 5.91 Å². The Hall–Kier alpha value is -3.01. The standard InChI is InChI=1S/C22H28N2O5/c1-4-28-21(25)14-29-19-10-9-16(12-20(19)27-3)11-17(13-23)22(26)24-18-8-6-5-7-15(18)2/h9-12,15,18H,4-8,14H2,1-3H3,(H,24,26)/b17-11+/t15-,18+/m0/s1. The average Bonchev–Trinajstić information content (AvgIpc) is 2.72. The van der Waals surface area contributed by atoms with Gasteiger partial charge < -0.3 is 19.5 Å². The number of benzene rings is 1. The van der Waals surface area contributed by atoms with Gasteiger partial charge >= 0.3 is 5.97 Å². The Balaban J connectivity index is 2.10. The molecule has 156 valence electrons. The van der Waals surface area contributed by atoms with Crippen molar-refractivity contribution >= 4 is 18.0 Å². The van der Waals surface area contributed by atoms with Crippen molar-refractivity contribution in [3.63, 3.8) is 0 Å². The number of rotatable bonds is 8. The van der Waals surface area contributed by atoms with Gasteiger partial charge in [-0.25, -0.2) is 4.79 Å². The third-order valence-electron chi connectivity index (χ3n) is 4.94. The van der Waals surface area contributed by atoms with Crippen LogP contribution in [0.3, 0.4) is 0 Å². The highest BCUT2D eigenvalue weighted by atomic mass is 16.6. The Labute approximate surface area is 171 Å². The second kappa shape index (κ2) is 11.1. The molecule has 1 saturated carbocycles. The van der Waals surface area contributed by atoms with Gasteiger partial charge in [0.2, 0.25) is 0 Å². The third-order valence-corrected chi connectivity index (χ3v) is 4.94. The fourth-order valence-corrected chi connectivity index (χ4v) is 3.32. The Bertz CT molecular complexity index is 797. The molecule has 29 heavy (non-hydrogen) atoms. The van der Waals surface area contributed by atoms with Gasteiger partial charge in [0, 0.05) is 6.04 Å². The molecule has 2 atom stereocenters. The lowest BCUT2D eigenvalue weighted by Crippen LogP contribution is -2.41. The van der Waals surface area contributed by atoms with Crippen molar-refractivity contribution < 1.29 is 23.8 Å². The highest BCUT2D eigenvalue weighted by molar-refractivity contribution is 6.01. The van der Waals surface area contributed by atoms with Gasteiger partial charge in [0.1, 0.15) is 11.6 Å². The maximum atomic E-state index is 12.5. The molecule has 7 nitrogen and oxygen atoms in total. The van der Waals surface area contributed by atoms with Crippen LogP contribution in [0, 0.1) is 17.2 Å². The van der Waals surface area contributed by atoms with Gasteiger partial charge in [-0.1, -0.05) is 25.8 Å². The van der Waals surface area contributed by atoms with Crippen LogP contribution >= 0.6 is 0 Å². The molecule has 1 amide bonds. The van der Waals surface area contributed by atoms with Crippen LogP contribution < -0.4 is 14.8 Å². The molecule has 1 aromatic rings. The number of carbonyl (C=O) groups is 2. The lowest BCUT2D eigenvalue weighted by Gasteiger charge is -2.29. The molecule has 1 fully saturated rings. The molecule has 0 aliphatic heterocycles. The maximum absolute atomic E-state index is 12.5. The molecule has 0 unspecified atom stereocenters. The van der Waals surface area contributed by atoms with Crippen LogP contribution in [-0.2, 0) is 14.3 Å². The molecule has 1 N–H and O–H groups in total. The number of methoxy groups -OCH3 is 1. The number of hydrogen-bond donors (Lipinski definition) is 1. The Kier molecular flexibility index (Phi) is 8.53. The number of nitrogens with one attached hydrogen (secondary N) is 1. The first kappa shape index (κ1) is 22.3. The second-order valence-corrected chi connectivity index (χ2v) is 7.02. The number of hydrogen-bond acceptors (Lipinski definition) is 6. The largest absolute Gasteiger partial charge is 0.493 e. The molecule has 0 radical (unpaired) electrons. The summed E-state index contributed by atoms with van der Waals surface area (Å²) in [6.45, 7) is 3.89. The zero-order chi connectivity index (χ0) is 21.2. The van der Waals surface area contributed by atoms with E-state index in [2.05, 4.69) is 12.2 Å². The minimum atomic E-state index is -0.473. The third kappa shape index (κ3) is 6.53. The summed E-state index contributed by atoms with van der Waals surface area (Å²) in [6, 6.07) is 7.04. The molecule has 0 saturated heterocycles. The summed E-state index contributed by atoms with van der Waals surface area (Å²) in [4.78, 5) is 24.0. The normalized spacial score (nSPS) is 19.0. The van der Waals surface area contributed by atoms with Gasteiger partial charge in [-0.2, -0.15) is 5.26 Å². The van der Waals surface area contributed by atoms with Crippen molar-refractivity contribution in [3.05, 3.63) is 29.3 Å². The lowest BCUT2D eigenvalue weighted by molar-refractivity contribution is -0.145. The molecule has 2 rings (SSSR count). The van der Waals surface area contributed by atoms with E-state index in [4.69, 9.17) is 14.2 Å². The first-order valence-electron chi connectivity index (χ1n) is 9.87. The maximum Gasteiger partial charge on any atom is 0.344 e. The van der Waals surface area contributed by atoms with Gasteiger partial charge in [-0.05, 0) is 49.5 Å². The van der Waals surface area contributed by atoms with E-state index in [9.17, 15) is 14.9 Å². The quantitative estimate of drug-likeness (QED) is 0.409. The van der Waals surface area contributed by atoms with Gasteiger partial charge in [0.05, 0.1) is 13.7 Å². The van der Waals surface area contributed by atoms with Crippen LogP contribution in [0.1, 0.15) is 45.1 Å². The molecule has 1 aliphatic rings. The van der Waals surface area contributed by atoms with Crippen LogP contribution in [0.5, 0.6) is 11.5 Å². The van der Waals surface area contributed by atoms with E-state index in [1.165, 1.54) is 19.6 Å². The van der Waals surface area contributed by atoms with Crippen molar-refractivity contribution in [2.75, 3.05) is 20.3 Å². The van der Waals surface area contributed by atoms with E-state index in [0.717, 1.165) is 19.3 Å². The number of nitrogens with zero attached hydrogens (tertiary/aromatic N) is 1. The molecule has 0 bridgehead atoms. The molecule has 0 heterocycles. The van der Waals surface area contributed by atoms with Crippen LogP contribution in [0.4, 0.5) is 0 Å². The molecular formula is C22H28N2O5. The predicted octanol–water partition coefficient (Wildman–Crippen LogP) is 3.24. The van der Waals surface area contributed by atoms with E-state index in [0.29, 0.717) is 23.0 Å². The molecule has 1 aromatic carbocycles. The smallest absolute Gasteiger partial charge is 0.344 e. The highest BCUT2D eigenvalue weighted by Crippen LogP contribution is 2.29. The van der Waals surface area contributed by atoms with Crippen LogP contribution in [0.2, 0.25) is 0 Å². The van der Waals surface area contributed by atoms with E-state index < -0.39 is 5.97 Å². The molecule has 7 heteroatoms. The van der Waals surface area contributed by atoms with Gasteiger partial charge in [-0.3, -0.25) is 4.79 Å². The van der Waals surface area contributed by atoms with Crippen molar-refractivity contribution in [1.29, 1.82) is 5.26 Å².